The summed E-state index contributed by atoms with van der Waals surface area (Å²) in [5.41, 5.74) is 4.01. The Morgan fingerprint density at radius 2 is 1.79 bits per heavy atom. The fraction of sp³-hybridized carbons (Fsp3) is 0.480. The van der Waals surface area contributed by atoms with Crippen LogP contribution in [0, 0.1) is 6.92 Å². The summed E-state index contributed by atoms with van der Waals surface area (Å²) in [6.07, 6.45) is 5.10. The van der Waals surface area contributed by atoms with Crippen molar-refractivity contribution in [1.82, 2.24) is 0 Å². The lowest BCUT2D eigenvalue weighted by atomic mass is 9.81. The highest BCUT2D eigenvalue weighted by atomic mass is 31.1. The van der Waals surface area contributed by atoms with E-state index in [0.717, 1.165) is 54.0 Å². The van der Waals surface area contributed by atoms with Crippen LogP contribution in [0.5, 0.6) is 5.75 Å². The van der Waals surface area contributed by atoms with Gasteiger partial charge in [0, 0.05) is 16.3 Å². The number of unbranched alkanes of at least 4 members (excludes halogenated alkanes) is 1. The van der Waals surface area contributed by atoms with Gasteiger partial charge >= 0.3 is 0 Å². The number of aldehydes is 1. The van der Waals surface area contributed by atoms with Crippen molar-refractivity contribution in [2.45, 2.75) is 77.8 Å². The Bertz CT molecular complexity index is 820. The van der Waals surface area contributed by atoms with Crippen molar-refractivity contribution in [1.29, 1.82) is 0 Å². The summed E-state index contributed by atoms with van der Waals surface area (Å²) < 4.78 is 0. The molecule has 0 heterocycles. The maximum absolute atomic E-state index is 11.6. The van der Waals surface area contributed by atoms with Gasteiger partial charge in [0.25, 0.3) is 0 Å². The van der Waals surface area contributed by atoms with E-state index in [1.807, 2.05) is 25.1 Å². The van der Waals surface area contributed by atoms with Gasteiger partial charge in [0.15, 0.2) is 6.29 Å². The van der Waals surface area contributed by atoms with Crippen LogP contribution < -0.4 is 5.30 Å². The normalized spacial score (nSPS) is 14.4. The highest BCUT2D eigenvalue weighted by Gasteiger charge is 2.35. The molecule has 2 rings (SSSR count). The third-order valence-corrected chi connectivity index (χ3v) is 7.78. The predicted octanol–water partition coefficient (Wildman–Crippen LogP) is 6.61. The average Bonchev–Trinajstić information content (AvgIpc) is 2.66. The van der Waals surface area contributed by atoms with Crippen LogP contribution in [0.15, 0.2) is 36.4 Å². The van der Waals surface area contributed by atoms with Gasteiger partial charge in [-0.3, -0.25) is 4.79 Å². The molecule has 2 nitrogen and oxygen atoms in total. The average molecular weight is 399 g/mol. The smallest absolute Gasteiger partial charge is 0.150 e. The molecule has 0 saturated carbocycles. The molecular weight excluding hydrogens is 363 g/mol. The van der Waals surface area contributed by atoms with E-state index in [4.69, 9.17) is 0 Å². The first-order valence-electron chi connectivity index (χ1n) is 10.4. The summed E-state index contributed by atoms with van der Waals surface area (Å²) in [4.78, 5) is 11.6. The minimum absolute atomic E-state index is 0.0151. The van der Waals surface area contributed by atoms with Crippen LogP contribution in [0.4, 0.5) is 0 Å². The predicted molar refractivity (Wildman–Crippen MR) is 123 cm³/mol. The zero-order valence-corrected chi connectivity index (χ0v) is 19.2. The van der Waals surface area contributed by atoms with Gasteiger partial charge in [-0.25, -0.2) is 0 Å². The molecule has 0 spiro atoms. The highest BCUT2D eigenvalue weighted by molar-refractivity contribution is 7.48. The van der Waals surface area contributed by atoms with Gasteiger partial charge in [0.05, 0.1) is 0 Å². The van der Waals surface area contributed by atoms with E-state index in [-0.39, 0.29) is 10.6 Å². The van der Waals surface area contributed by atoms with Crippen LogP contribution >= 0.6 is 8.58 Å². The Morgan fingerprint density at radius 1 is 1.11 bits per heavy atom. The first kappa shape index (κ1) is 22.6. The number of benzene rings is 2. The van der Waals surface area contributed by atoms with Crippen LogP contribution in [0.25, 0.3) is 0 Å². The van der Waals surface area contributed by atoms with E-state index < -0.39 is 0 Å². The molecule has 0 aliphatic carbocycles. The molecule has 2 unspecified atom stereocenters. The van der Waals surface area contributed by atoms with E-state index in [2.05, 4.69) is 52.8 Å². The summed E-state index contributed by atoms with van der Waals surface area (Å²) >= 11 is 0. The van der Waals surface area contributed by atoms with Crippen molar-refractivity contribution < 1.29 is 9.90 Å². The van der Waals surface area contributed by atoms with Crippen LogP contribution in [0.2, 0.25) is 0 Å². The molecule has 0 bridgehead atoms. The van der Waals surface area contributed by atoms with Gasteiger partial charge < -0.3 is 5.11 Å². The van der Waals surface area contributed by atoms with Crippen molar-refractivity contribution in [3.05, 3.63) is 58.7 Å². The van der Waals surface area contributed by atoms with Gasteiger partial charge in [0.2, 0.25) is 0 Å². The number of hydrogen-bond acceptors (Lipinski definition) is 2. The molecule has 0 aliphatic heterocycles. The van der Waals surface area contributed by atoms with E-state index in [0.29, 0.717) is 14.3 Å². The number of phenols is 1. The first-order valence-corrected chi connectivity index (χ1v) is 11.4. The zero-order valence-electron chi connectivity index (χ0n) is 18.2. The molecule has 2 aromatic rings. The number of rotatable bonds is 8. The molecule has 28 heavy (non-hydrogen) atoms. The third kappa shape index (κ3) is 4.84. The summed E-state index contributed by atoms with van der Waals surface area (Å²) in [5.74, 6) is 0.419. The molecule has 1 N–H and O–H groups in total. The summed E-state index contributed by atoms with van der Waals surface area (Å²) in [6, 6.07) is 12.2. The Labute approximate surface area is 172 Å². The number of hydrogen-bond donors (Lipinski definition) is 1. The molecule has 0 radical (unpaired) electrons. The van der Waals surface area contributed by atoms with Crippen molar-refractivity contribution in [3.8, 4) is 5.75 Å². The summed E-state index contributed by atoms with van der Waals surface area (Å²) in [7, 11) is 0.440. The molecule has 0 amide bonds. The number of phenolic OH excluding ortho intramolecular Hbond substituents is 1. The Balaban J connectivity index is 2.69. The quantitative estimate of drug-likeness (QED) is 0.401. The summed E-state index contributed by atoms with van der Waals surface area (Å²) in [5, 5.41) is 12.0. The minimum Gasteiger partial charge on any atom is -0.507 e. The van der Waals surface area contributed by atoms with E-state index >= 15 is 0 Å². The minimum atomic E-state index is -0.161. The fourth-order valence-electron chi connectivity index (χ4n) is 3.75. The molecule has 3 heteroatoms. The highest BCUT2D eigenvalue weighted by Crippen LogP contribution is 2.52. The van der Waals surface area contributed by atoms with Gasteiger partial charge in [-0.2, -0.15) is 0 Å². The van der Waals surface area contributed by atoms with Crippen LogP contribution in [0.3, 0.4) is 0 Å². The number of carbonyl (C=O) groups is 1. The Hall–Kier alpha value is -1.66. The van der Waals surface area contributed by atoms with Crippen molar-refractivity contribution in [3.63, 3.8) is 0 Å². The number of carbonyl (C=O) groups excluding carboxylic acids is 1. The number of aryl methyl sites for hydroxylation is 1. The van der Waals surface area contributed by atoms with Gasteiger partial charge in [0.1, 0.15) is 5.75 Å². The second kappa shape index (κ2) is 9.23. The molecule has 0 aromatic heterocycles. The molecule has 152 valence electrons. The monoisotopic (exact) mass is 398 g/mol. The SMILES string of the molecule is CCCCC(CC)(Pc1ccccc1C=O)c1cc(C(C)(C)C)cc(C)c1O. The largest absolute Gasteiger partial charge is 0.507 e. The standard InChI is InChI=1S/C25H35O2P/c1-7-9-14-25(8-2,28-22-13-11-10-12-19(22)17-26)21-16-20(24(4,5)6)15-18(3)23(21)27/h10-13,15-17,27-28H,7-9,14H2,1-6H3. The van der Waals surface area contributed by atoms with Gasteiger partial charge in [-0.1, -0.05) is 92.4 Å². The van der Waals surface area contributed by atoms with Crippen molar-refractivity contribution in [2.75, 3.05) is 0 Å². The van der Waals surface area contributed by atoms with Crippen molar-refractivity contribution in [2.24, 2.45) is 0 Å². The van der Waals surface area contributed by atoms with Crippen LogP contribution in [-0.2, 0) is 10.6 Å². The molecule has 2 atom stereocenters. The lowest BCUT2D eigenvalue weighted by molar-refractivity contribution is 0.112. The van der Waals surface area contributed by atoms with E-state index in [9.17, 15) is 9.90 Å². The first-order chi connectivity index (χ1) is 13.2. The molecule has 2 aromatic carbocycles. The molecule has 0 aliphatic rings. The second-order valence-corrected chi connectivity index (χ2v) is 10.6. The maximum Gasteiger partial charge on any atom is 0.150 e. The topological polar surface area (TPSA) is 37.3 Å². The van der Waals surface area contributed by atoms with Crippen LogP contribution in [0.1, 0.15) is 87.4 Å². The molecule has 0 fully saturated rings. The lowest BCUT2D eigenvalue weighted by Crippen LogP contribution is -2.25. The van der Waals surface area contributed by atoms with Crippen LogP contribution in [-0.4, -0.2) is 11.4 Å². The fourth-order valence-corrected chi connectivity index (χ4v) is 5.53. The third-order valence-electron chi connectivity index (χ3n) is 5.70. The van der Waals surface area contributed by atoms with E-state index in [1.165, 1.54) is 5.56 Å². The second-order valence-electron chi connectivity index (χ2n) is 8.81. The van der Waals surface area contributed by atoms with Gasteiger partial charge in [-0.15, -0.1) is 0 Å². The lowest BCUT2D eigenvalue weighted by Gasteiger charge is -2.36. The Morgan fingerprint density at radius 3 is 2.36 bits per heavy atom. The van der Waals surface area contributed by atoms with E-state index in [1.54, 1.807) is 0 Å². The number of aromatic hydroxyl groups is 1. The molecular formula is C25H35O2P. The zero-order chi connectivity index (χ0) is 20.9. The van der Waals surface area contributed by atoms with Crippen molar-refractivity contribution >= 4 is 20.2 Å². The molecule has 0 saturated heterocycles. The maximum atomic E-state index is 11.6. The Kier molecular flexibility index (Phi) is 7.46. The summed E-state index contributed by atoms with van der Waals surface area (Å²) in [6.45, 7) is 13.1. The van der Waals surface area contributed by atoms with Gasteiger partial charge in [-0.05, 0) is 41.6 Å².